The third-order valence-corrected chi connectivity index (χ3v) is 6.00. The summed E-state index contributed by atoms with van der Waals surface area (Å²) in [5, 5.41) is 0. The van der Waals surface area contributed by atoms with Crippen LogP contribution >= 0.6 is 0 Å². The molecule has 3 rings (SSSR count). The number of oxazole rings is 1. The van der Waals surface area contributed by atoms with Crippen molar-refractivity contribution in [2.24, 2.45) is 5.92 Å². The van der Waals surface area contributed by atoms with Crippen molar-refractivity contribution in [3.8, 4) is 11.3 Å². The first-order chi connectivity index (χ1) is 12.0. The van der Waals surface area contributed by atoms with Gasteiger partial charge in [0.1, 0.15) is 0 Å². The van der Waals surface area contributed by atoms with Crippen LogP contribution in [-0.4, -0.2) is 32.5 Å². The fourth-order valence-corrected chi connectivity index (χ4v) is 4.36. The highest BCUT2D eigenvalue weighted by Crippen LogP contribution is 2.27. The Balaban J connectivity index is 1.63. The van der Waals surface area contributed by atoms with E-state index in [4.69, 9.17) is 9.15 Å². The van der Waals surface area contributed by atoms with E-state index in [0.29, 0.717) is 31.4 Å². The molecule has 1 aliphatic rings. The van der Waals surface area contributed by atoms with Gasteiger partial charge in [-0.15, -0.1) is 0 Å². The molecule has 0 bridgehead atoms. The van der Waals surface area contributed by atoms with E-state index in [1.807, 2.05) is 0 Å². The van der Waals surface area contributed by atoms with Crippen LogP contribution in [0.5, 0.6) is 0 Å². The Morgan fingerprint density at radius 3 is 2.44 bits per heavy atom. The normalized spacial score (nSPS) is 21.0. The summed E-state index contributed by atoms with van der Waals surface area (Å²) >= 11 is 0. The third-order valence-electron chi connectivity index (χ3n) is 4.46. The Bertz CT molecular complexity index is 807. The average molecular weight is 364 g/mol. The number of benzene rings is 1. The molecule has 0 saturated heterocycles. The molecule has 2 aromatic rings. The minimum Gasteiger partial charge on any atom is -0.469 e. The molecule has 1 aromatic carbocycles. The van der Waals surface area contributed by atoms with Gasteiger partial charge in [-0.05, 0) is 49.9 Å². The number of hydrogen-bond acceptors (Lipinski definition) is 6. The fraction of sp³-hybridized carbons (Fsp3) is 0.412. The molecule has 1 saturated carbocycles. The second-order valence-corrected chi connectivity index (χ2v) is 7.80. The number of ether oxygens (including phenoxy) is 1. The van der Waals surface area contributed by atoms with Crippen LogP contribution in [0.3, 0.4) is 0 Å². The third kappa shape index (κ3) is 4.08. The van der Waals surface area contributed by atoms with Crippen molar-refractivity contribution in [3.05, 3.63) is 36.9 Å². The zero-order valence-electron chi connectivity index (χ0n) is 13.8. The Labute approximate surface area is 146 Å². The quantitative estimate of drug-likeness (QED) is 0.818. The average Bonchev–Trinajstić information content (AvgIpc) is 3.16. The highest BCUT2D eigenvalue weighted by atomic mass is 32.2. The highest BCUT2D eigenvalue weighted by molar-refractivity contribution is 7.89. The summed E-state index contributed by atoms with van der Waals surface area (Å²) in [6, 6.07) is 6.28. The first-order valence-electron chi connectivity index (χ1n) is 8.08. The Morgan fingerprint density at radius 2 is 1.88 bits per heavy atom. The molecule has 0 radical (unpaired) electrons. The summed E-state index contributed by atoms with van der Waals surface area (Å²) in [5.74, 6) is 0.231. The maximum absolute atomic E-state index is 12.5. The summed E-state index contributed by atoms with van der Waals surface area (Å²) in [5.41, 5.74) is 0.759. The Kier molecular flexibility index (Phi) is 5.19. The van der Waals surface area contributed by atoms with E-state index in [9.17, 15) is 13.2 Å². The number of carbonyl (C=O) groups excluding carboxylic acids is 1. The van der Waals surface area contributed by atoms with E-state index in [0.717, 1.165) is 5.56 Å². The molecular weight excluding hydrogens is 344 g/mol. The number of aromatic nitrogens is 1. The van der Waals surface area contributed by atoms with E-state index in [1.54, 1.807) is 30.5 Å². The monoisotopic (exact) mass is 364 g/mol. The molecular formula is C17H20N2O5S. The minimum atomic E-state index is -3.60. The first kappa shape index (κ1) is 17.6. The van der Waals surface area contributed by atoms with Crippen LogP contribution in [0.25, 0.3) is 11.3 Å². The lowest BCUT2D eigenvalue weighted by Crippen LogP contribution is -2.38. The SMILES string of the molecule is COC(=O)C1CCC(NS(=O)(=O)c2ccc(-c3cnco3)cc2)CC1. The summed E-state index contributed by atoms with van der Waals surface area (Å²) < 4.78 is 37.7. The van der Waals surface area contributed by atoms with Crippen LogP contribution in [0, 0.1) is 5.92 Å². The number of carbonyl (C=O) groups is 1. The van der Waals surface area contributed by atoms with Crippen molar-refractivity contribution >= 4 is 16.0 Å². The van der Waals surface area contributed by atoms with E-state index >= 15 is 0 Å². The van der Waals surface area contributed by atoms with Crippen molar-refractivity contribution in [1.29, 1.82) is 0 Å². The molecule has 1 heterocycles. The van der Waals surface area contributed by atoms with Crippen LogP contribution in [0.15, 0.2) is 46.2 Å². The molecule has 0 unspecified atom stereocenters. The van der Waals surface area contributed by atoms with Gasteiger partial charge in [-0.3, -0.25) is 4.79 Å². The maximum atomic E-state index is 12.5. The van der Waals surface area contributed by atoms with Crippen LogP contribution in [-0.2, 0) is 19.6 Å². The summed E-state index contributed by atoms with van der Waals surface area (Å²) in [6.07, 6.45) is 5.40. The Morgan fingerprint density at radius 1 is 1.20 bits per heavy atom. The highest BCUT2D eigenvalue weighted by Gasteiger charge is 2.29. The lowest BCUT2D eigenvalue weighted by molar-refractivity contribution is -0.146. The Hall–Kier alpha value is -2.19. The minimum absolute atomic E-state index is 0.132. The standard InChI is InChI=1S/C17H20N2O5S/c1-23-17(20)13-2-6-14(7-3-13)19-25(21,22)15-8-4-12(5-9-15)16-10-18-11-24-16/h4-5,8-11,13-14,19H,2-3,6-7H2,1H3. The van der Waals surface area contributed by atoms with Gasteiger partial charge >= 0.3 is 5.97 Å². The molecule has 25 heavy (non-hydrogen) atoms. The van der Waals surface area contributed by atoms with Gasteiger partial charge in [0.15, 0.2) is 12.2 Å². The van der Waals surface area contributed by atoms with Gasteiger partial charge in [0.05, 0.1) is 24.1 Å². The number of hydrogen-bond donors (Lipinski definition) is 1. The van der Waals surface area contributed by atoms with Crippen LogP contribution in [0.1, 0.15) is 25.7 Å². The number of methoxy groups -OCH3 is 1. The molecule has 0 atom stereocenters. The van der Waals surface area contributed by atoms with Crippen molar-refractivity contribution in [2.45, 2.75) is 36.6 Å². The van der Waals surface area contributed by atoms with Crippen LogP contribution < -0.4 is 4.72 Å². The van der Waals surface area contributed by atoms with Gasteiger partial charge in [0.25, 0.3) is 0 Å². The zero-order chi connectivity index (χ0) is 17.9. The van der Waals surface area contributed by atoms with Gasteiger partial charge < -0.3 is 9.15 Å². The molecule has 8 heteroatoms. The fourth-order valence-electron chi connectivity index (χ4n) is 3.06. The largest absolute Gasteiger partial charge is 0.469 e. The van der Waals surface area contributed by atoms with Crippen LogP contribution in [0.4, 0.5) is 0 Å². The molecule has 0 spiro atoms. The molecule has 1 N–H and O–H groups in total. The van der Waals surface area contributed by atoms with E-state index in [-0.39, 0.29) is 22.8 Å². The number of nitrogens with zero attached hydrogens (tertiary/aromatic N) is 1. The number of nitrogens with one attached hydrogen (secondary N) is 1. The molecule has 1 aliphatic carbocycles. The van der Waals surface area contributed by atoms with Crippen molar-refractivity contribution in [3.63, 3.8) is 0 Å². The summed E-state index contributed by atoms with van der Waals surface area (Å²) in [6.45, 7) is 0. The lowest BCUT2D eigenvalue weighted by atomic mass is 9.86. The number of sulfonamides is 1. The molecule has 1 fully saturated rings. The van der Waals surface area contributed by atoms with Gasteiger partial charge in [-0.2, -0.15) is 0 Å². The molecule has 7 nitrogen and oxygen atoms in total. The second kappa shape index (κ2) is 7.37. The van der Waals surface area contributed by atoms with Gasteiger partial charge in [0.2, 0.25) is 10.0 Å². The van der Waals surface area contributed by atoms with Crippen molar-refractivity contribution in [1.82, 2.24) is 9.71 Å². The smallest absolute Gasteiger partial charge is 0.308 e. The van der Waals surface area contributed by atoms with Gasteiger partial charge in [0, 0.05) is 11.6 Å². The van der Waals surface area contributed by atoms with E-state index < -0.39 is 10.0 Å². The maximum Gasteiger partial charge on any atom is 0.308 e. The van der Waals surface area contributed by atoms with Gasteiger partial charge in [-0.25, -0.2) is 18.1 Å². The number of esters is 1. The molecule has 0 aliphatic heterocycles. The first-order valence-corrected chi connectivity index (χ1v) is 9.57. The van der Waals surface area contributed by atoms with E-state index in [2.05, 4.69) is 9.71 Å². The zero-order valence-corrected chi connectivity index (χ0v) is 14.7. The van der Waals surface area contributed by atoms with Crippen LogP contribution in [0.2, 0.25) is 0 Å². The molecule has 1 aromatic heterocycles. The van der Waals surface area contributed by atoms with Crippen molar-refractivity contribution < 1.29 is 22.4 Å². The number of rotatable bonds is 5. The van der Waals surface area contributed by atoms with Crippen molar-refractivity contribution in [2.75, 3.05) is 7.11 Å². The van der Waals surface area contributed by atoms with Gasteiger partial charge in [-0.1, -0.05) is 0 Å². The van der Waals surface area contributed by atoms with E-state index in [1.165, 1.54) is 13.5 Å². The molecule has 0 amide bonds. The predicted octanol–water partition coefficient (Wildman–Crippen LogP) is 2.35. The summed E-state index contributed by atoms with van der Waals surface area (Å²) in [4.78, 5) is 15.6. The predicted molar refractivity (Wildman–Crippen MR) is 90.0 cm³/mol. The molecule has 134 valence electrons. The summed E-state index contributed by atoms with van der Waals surface area (Å²) in [7, 11) is -2.23. The second-order valence-electron chi connectivity index (χ2n) is 6.08. The lowest BCUT2D eigenvalue weighted by Gasteiger charge is -2.27. The topological polar surface area (TPSA) is 98.5 Å².